The van der Waals surface area contributed by atoms with E-state index in [2.05, 4.69) is 14.9 Å². The molecule has 1 saturated heterocycles. The summed E-state index contributed by atoms with van der Waals surface area (Å²) in [5.74, 6) is 1.33. The van der Waals surface area contributed by atoms with E-state index in [1.54, 1.807) is 12.4 Å². The number of anilines is 1. The number of hydrogen-bond acceptors (Lipinski definition) is 5. The minimum Gasteiger partial charge on any atom is -0.481 e. The van der Waals surface area contributed by atoms with Crippen LogP contribution in [0.1, 0.15) is 37.8 Å². The lowest BCUT2D eigenvalue weighted by molar-refractivity contribution is -0.160. The highest BCUT2D eigenvalue weighted by Gasteiger charge is 2.50. The molecule has 0 unspecified atom stereocenters. The molecule has 0 aromatic carbocycles. The topological polar surface area (TPSA) is 79.2 Å². The van der Waals surface area contributed by atoms with E-state index in [0.717, 1.165) is 62.3 Å². The van der Waals surface area contributed by atoms with Gasteiger partial charge in [-0.3, -0.25) is 9.78 Å². The standard InChI is InChI=1S/C20H24N4O2/c1-14-13-17(23-18(22-14)15-3-9-21-10-4-15)24-11-5-16(6-12-24)20(19(25)26)7-2-8-20/h3-4,9-10,13,16H,2,5-8,11-12H2,1H3,(H,25,26). The average molecular weight is 352 g/mol. The van der Waals surface area contributed by atoms with Crippen molar-refractivity contribution >= 4 is 11.8 Å². The number of carboxylic acid groups (broad SMARTS) is 1. The second kappa shape index (κ2) is 6.67. The Kier molecular flexibility index (Phi) is 4.34. The van der Waals surface area contributed by atoms with Gasteiger partial charge in [0.1, 0.15) is 5.82 Å². The number of aromatic nitrogens is 3. The van der Waals surface area contributed by atoms with Crippen LogP contribution in [0.3, 0.4) is 0 Å². The zero-order valence-electron chi connectivity index (χ0n) is 15.1. The van der Waals surface area contributed by atoms with Crippen molar-refractivity contribution in [2.24, 2.45) is 11.3 Å². The lowest BCUT2D eigenvalue weighted by atomic mass is 9.58. The first kappa shape index (κ1) is 16.9. The molecule has 6 heteroatoms. The van der Waals surface area contributed by atoms with Crippen molar-refractivity contribution in [3.8, 4) is 11.4 Å². The van der Waals surface area contributed by atoms with Gasteiger partial charge in [-0.15, -0.1) is 0 Å². The summed E-state index contributed by atoms with van der Waals surface area (Å²) < 4.78 is 0. The van der Waals surface area contributed by atoms with Crippen LogP contribution in [-0.4, -0.2) is 39.1 Å². The Bertz CT molecular complexity index is 797. The maximum absolute atomic E-state index is 11.8. The third-order valence-corrected chi connectivity index (χ3v) is 6.05. The van der Waals surface area contributed by atoms with Gasteiger partial charge in [-0.25, -0.2) is 9.97 Å². The van der Waals surface area contributed by atoms with Gasteiger partial charge in [0.25, 0.3) is 0 Å². The first-order valence-electron chi connectivity index (χ1n) is 9.33. The third-order valence-electron chi connectivity index (χ3n) is 6.05. The monoisotopic (exact) mass is 352 g/mol. The number of carbonyl (C=O) groups is 1. The quantitative estimate of drug-likeness (QED) is 0.909. The number of piperidine rings is 1. The molecule has 136 valence electrons. The molecular weight excluding hydrogens is 328 g/mol. The number of aliphatic carboxylic acids is 1. The van der Waals surface area contributed by atoms with Crippen LogP contribution in [0.2, 0.25) is 0 Å². The van der Waals surface area contributed by atoms with E-state index in [1.165, 1.54) is 0 Å². The van der Waals surface area contributed by atoms with Crippen LogP contribution in [0.5, 0.6) is 0 Å². The van der Waals surface area contributed by atoms with Gasteiger partial charge in [-0.2, -0.15) is 0 Å². The summed E-state index contributed by atoms with van der Waals surface area (Å²) in [4.78, 5) is 27.4. The number of nitrogens with zero attached hydrogens (tertiary/aromatic N) is 4. The first-order chi connectivity index (χ1) is 12.6. The van der Waals surface area contributed by atoms with Crippen LogP contribution >= 0.6 is 0 Å². The van der Waals surface area contributed by atoms with Crippen molar-refractivity contribution in [3.05, 3.63) is 36.3 Å². The van der Waals surface area contributed by atoms with Crippen molar-refractivity contribution in [3.63, 3.8) is 0 Å². The molecule has 0 atom stereocenters. The number of carboxylic acids is 1. The van der Waals surface area contributed by atoms with Crippen LogP contribution in [0, 0.1) is 18.3 Å². The fourth-order valence-electron chi connectivity index (χ4n) is 4.36. The van der Waals surface area contributed by atoms with Gasteiger partial charge in [0.05, 0.1) is 5.41 Å². The average Bonchev–Trinajstić information content (AvgIpc) is 2.61. The minimum absolute atomic E-state index is 0.285. The highest BCUT2D eigenvalue weighted by Crippen LogP contribution is 2.51. The van der Waals surface area contributed by atoms with Crippen LogP contribution in [0.4, 0.5) is 5.82 Å². The Balaban J connectivity index is 1.51. The maximum Gasteiger partial charge on any atom is 0.309 e. The molecule has 0 amide bonds. The van der Waals surface area contributed by atoms with Crippen molar-refractivity contribution < 1.29 is 9.90 Å². The summed E-state index contributed by atoms with van der Waals surface area (Å²) >= 11 is 0. The van der Waals surface area contributed by atoms with E-state index in [1.807, 2.05) is 25.1 Å². The predicted molar refractivity (Wildman–Crippen MR) is 98.9 cm³/mol. The van der Waals surface area contributed by atoms with Gasteiger partial charge in [0.15, 0.2) is 5.82 Å². The summed E-state index contributed by atoms with van der Waals surface area (Å²) in [5.41, 5.74) is 1.43. The third kappa shape index (κ3) is 2.93. The smallest absolute Gasteiger partial charge is 0.309 e. The molecule has 0 bridgehead atoms. The molecule has 2 aromatic rings. The Morgan fingerprint density at radius 3 is 2.46 bits per heavy atom. The Hall–Kier alpha value is -2.50. The van der Waals surface area contributed by atoms with Crippen molar-refractivity contribution in [1.82, 2.24) is 15.0 Å². The van der Waals surface area contributed by atoms with E-state index in [-0.39, 0.29) is 5.92 Å². The van der Waals surface area contributed by atoms with E-state index in [9.17, 15) is 9.90 Å². The Labute approximate surface area is 153 Å². The molecule has 2 aliphatic rings. The molecule has 1 saturated carbocycles. The molecule has 3 heterocycles. The van der Waals surface area contributed by atoms with Crippen LogP contribution in [-0.2, 0) is 4.79 Å². The minimum atomic E-state index is -0.597. The zero-order valence-corrected chi connectivity index (χ0v) is 15.1. The molecular formula is C20H24N4O2. The van der Waals surface area contributed by atoms with Crippen LogP contribution in [0.15, 0.2) is 30.6 Å². The van der Waals surface area contributed by atoms with Gasteiger partial charge in [-0.1, -0.05) is 6.42 Å². The number of pyridine rings is 1. The second-order valence-corrected chi connectivity index (χ2v) is 7.50. The van der Waals surface area contributed by atoms with Crippen molar-refractivity contribution in [2.45, 2.75) is 39.0 Å². The van der Waals surface area contributed by atoms with Gasteiger partial charge in [-0.05, 0) is 50.7 Å². The summed E-state index contributed by atoms with van der Waals surface area (Å²) in [6.07, 6.45) is 8.05. The molecule has 1 aliphatic carbocycles. The van der Waals surface area contributed by atoms with Gasteiger partial charge < -0.3 is 10.0 Å². The molecule has 4 rings (SSSR count). The van der Waals surface area contributed by atoms with Gasteiger partial charge in [0, 0.05) is 42.8 Å². The number of rotatable bonds is 4. The number of hydrogen-bond donors (Lipinski definition) is 1. The molecule has 0 spiro atoms. The van der Waals surface area contributed by atoms with Crippen molar-refractivity contribution in [1.29, 1.82) is 0 Å². The SMILES string of the molecule is Cc1cc(N2CCC(C3(C(=O)O)CCC3)CC2)nc(-c2ccncc2)n1. The largest absolute Gasteiger partial charge is 0.481 e. The molecule has 2 aromatic heterocycles. The Morgan fingerprint density at radius 1 is 1.19 bits per heavy atom. The fraction of sp³-hybridized carbons (Fsp3) is 0.500. The van der Waals surface area contributed by atoms with E-state index >= 15 is 0 Å². The predicted octanol–water partition coefficient (Wildman–Crippen LogP) is 3.32. The molecule has 0 radical (unpaired) electrons. The highest BCUT2D eigenvalue weighted by atomic mass is 16.4. The highest BCUT2D eigenvalue weighted by molar-refractivity contribution is 5.76. The van der Waals surface area contributed by atoms with Gasteiger partial charge in [0.2, 0.25) is 0 Å². The van der Waals surface area contributed by atoms with E-state index in [0.29, 0.717) is 5.82 Å². The zero-order chi connectivity index (χ0) is 18.1. The normalized spacial score (nSPS) is 19.8. The molecule has 1 aliphatic heterocycles. The van der Waals surface area contributed by atoms with E-state index < -0.39 is 11.4 Å². The summed E-state index contributed by atoms with van der Waals surface area (Å²) in [6.45, 7) is 3.69. The summed E-state index contributed by atoms with van der Waals surface area (Å²) in [6, 6.07) is 5.84. The van der Waals surface area contributed by atoms with Crippen molar-refractivity contribution in [2.75, 3.05) is 18.0 Å². The fourth-order valence-corrected chi connectivity index (χ4v) is 4.36. The summed E-state index contributed by atoms with van der Waals surface area (Å²) in [7, 11) is 0. The summed E-state index contributed by atoms with van der Waals surface area (Å²) in [5, 5.41) is 9.68. The lowest BCUT2D eigenvalue weighted by Crippen LogP contribution is -2.49. The van der Waals surface area contributed by atoms with Gasteiger partial charge >= 0.3 is 5.97 Å². The van der Waals surface area contributed by atoms with E-state index in [4.69, 9.17) is 4.98 Å². The molecule has 1 N–H and O–H groups in total. The first-order valence-corrected chi connectivity index (χ1v) is 9.33. The second-order valence-electron chi connectivity index (χ2n) is 7.50. The van der Waals surface area contributed by atoms with Crippen LogP contribution in [0.25, 0.3) is 11.4 Å². The lowest BCUT2D eigenvalue weighted by Gasteiger charge is -2.47. The number of aryl methyl sites for hydroxylation is 1. The maximum atomic E-state index is 11.8. The molecule has 6 nitrogen and oxygen atoms in total. The van der Waals surface area contributed by atoms with Crippen LogP contribution < -0.4 is 4.90 Å². The Morgan fingerprint density at radius 2 is 1.88 bits per heavy atom. The molecule has 26 heavy (non-hydrogen) atoms. The molecule has 2 fully saturated rings.